The third kappa shape index (κ3) is 4.32. The number of aromatic nitrogens is 1. The van der Waals surface area contributed by atoms with Crippen molar-refractivity contribution >= 4 is 33.2 Å². The molecule has 3 unspecified atom stereocenters. The number of allylic oxidation sites excluding steroid dienone is 4. The highest BCUT2D eigenvalue weighted by atomic mass is 15.2. The van der Waals surface area contributed by atoms with Gasteiger partial charge in [0, 0.05) is 45.1 Å². The average molecular weight is 606 g/mol. The zero-order valence-corrected chi connectivity index (χ0v) is 26.5. The first-order valence-electron chi connectivity index (χ1n) is 16.8. The predicted octanol–water partition coefficient (Wildman–Crippen LogP) is 11.4. The van der Waals surface area contributed by atoms with Crippen LogP contribution in [0.2, 0.25) is 0 Å². The van der Waals surface area contributed by atoms with E-state index in [4.69, 9.17) is 0 Å². The Morgan fingerprint density at radius 2 is 1.45 bits per heavy atom. The Labute approximate surface area is 276 Å². The number of para-hydroxylation sites is 3. The lowest BCUT2D eigenvalue weighted by Gasteiger charge is -2.30. The average Bonchev–Trinajstić information content (AvgIpc) is 3.65. The minimum atomic E-state index is 0.167. The summed E-state index contributed by atoms with van der Waals surface area (Å²) in [6.45, 7) is 2.19. The largest absolute Gasteiger partial charge is 0.337 e. The van der Waals surface area contributed by atoms with Crippen molar-refractivity contribution in [3.63, 3.8) is 0 Å². The maximum atomic E-state index is 9.54. The van der Waals surface area contributed by atoms with Crippen molar-refractivity contribution in [3.05, 3.63) is 156 Å². The molecule has 3 heteroatoms. The van der Waals surface area contributed by atoms with Crippen LogP contribution in [-0.2, 0) is 0 Å². The van der Waals surface area contributed by atoms with Gasteiger partial charge in [-0.15, -0.1) is 0 Å². The molecular formula is C44H35N3. The second-order valence-corrected chi connectivity index (χ2v) is 13.1. The van der Waals surface area contributed by atoms with E-state index >= 15 is 0 Å². The minimum Gasteiger partial charge on any atom is -0.337 e. The van der Waals surface area contributed by atoms with Gasteiger partial charge < -0.3 is 9.47 Å². The van der Waals surface area contributed by atoms with E-state index in [-0.39, 0.29) is 12.0 Å². The lowest BCUT2D eigenvalue weighted by Crippen LogP contribution is -2.29. The fraction of sp³-hybridized carbons (Fsp3) is 0.159. The fourth-order valence-electron chi connectivity index (χ4n) is 8.41. The Hall–Kier alpha value is -5.59. The summed E-state index contributed by atoms with van der Waals surface area (Å²) in [5, 5.41) is 12.2. The van der Waals surface area contributed by atoms with Crippen molar-refractivity contribution in [2.75, 3.05) is 4.90 Å². The second-order valence-electron chi connectivity index (χ2n) is 13.1. The summed E-state index contributed by atoms with van der Waals surface area (Å²) in [5.74, 6) is 0.253. The van der Waals surface area contributed by atoms with Crippen molar-refractivity contribution < 1.29 is 0 Å². The number of hydrogen-bond acceptors (Lipinski definition) is 2. The highest BCUT2D eigenvalue weighted by molar-refractivity contribution is 6.14. The number of rotatable bonds is 4. The molecule has 1 aromatic heterocycles. The standard InChI is InChI=1S/C44H35N3/c1-29-21-26-42-40(27-29)39-19-10-17-37(44(39)47(42)32-24-22-30(28-45)23-25-32)34-14-6-5-13-33(34)36-16-9-18-38-35-15-7-8-20-41(35)46(43(36)38)31-11-3-2-4-12-31/h2-3,5-10,13-27,31,40,42H,4,11-12H2,1H3. The van der Waals surface area contributed by atoms with Gasteiger partial charge in [-0.2, -0.15) is 5.26 Å². The van der Waals surface area contributed by atoms with Gasteiger partial charge in [0.15, 0.2) is 0 Å². The van der Waals surface area contributed by atoms with Crippen LogP contribution in [0.25, 0.3) is 44.1 Å². The number of anilines is 2. The first-order chi connectivity index (χ1) is 23.2. The third-order valence-electron chi connectivity index (χ3n) is 10.5. The lowest BCUT2D eigenvalue weighted by molar-refractivity contribution is 0.485. The van der Waals surface area contributed by atoms with Crippen molar-refractivity contribution in [2.45, 2.75) is 44.2 Å². The molecule has 0 saturated heterocycles. The van der Waals surface area contributed by atoms with Crippen molar-refractivity contribution in [1.82, 2.24) is 4.57 Å². The van der Waals surface area contributed by atoms with E-state index in [1.54, 1.807) is 0 Å². The number of benzene rings is 5. The number of fused-ring (bicyclic) bond motifs is 6. The van der Waals surface area contributed by atoms with Crippen LogP contribution in [0.3, 0.4) is 0 Å². The monoisotopic (exact) mass is 605 g/mol. The summed E-state index contributed by atoms with van der Waals surface area (Å²) in [7, 11) is 0. The molecule has 3 nitrogen and oxygen atoms in total. The van der Waals surface area contributed by atoms with Gasteiger partial charge in [0.05, 0.1) is 28.9 Å². The Bertz CT molecular complexity index is 2330. The smallest absolute Gasteiger partial charge is 0.0991 e. The Morgan fingerprint density at radius 1 is 0.723 bits per heavy atom. The van der Waals surface area contributed by atoms with Crippen molar-refractivity contribution in [1.29, 1.82) is 5.26 Å². The van der Waals surface area contributed by atoms with E-state index < -0.39 is 0 Å². The molecule has 0 spiro atoms. The van der Waals surface area contributed by atoms with Crippen LogP contribution in [0.4, 0.5) is 11.4 Å². The third-order valence-corrected chi connectivity index (χ3v) is 10.5. The van der Waals surface area contributed by atoms with Crippen LogP contribution in [0.5, 0.6) is 0 Å². The summed E-state index contributed by atoms with van der Waals surface area (Å²) in [4.78, 5) is 2.50. The molecule has 0 fully saturated rings. The molecule has 2 heterocycles. The molecule has 0 bridgehead atoms. The van der Waals surface area contributed by atoms with Gasteiger partial charge in [-0.3, -0.25) is 0 Å². The van der Waals surface area contributed by atoms with Crippen LogP contribution in [-0.4, -0.2) is 10.6 Å². The Kier molecular flexibility index (Phi) is 6.50. The number of hydrogen-bond donors (Lipinski definition) is 0. The molecule has 6 aromatic rings. The molecule has 0 saturated carbocycles. The molecule has 9 rings (SSSR count). The fourth-order valence-corrected chi connectivity index (χ4v) is 8.41. The molecule has 5 aromatic carbocycles. The summed E-state index contributed by atoms with van der Waals surface area (Å²) in [6.07, 6.45) is 15.0. The highest BCUT2D eigenvalue weighted by Crippen LogP contribution is 2.53. The maximum Gasteiger partial charge on any atom is 0.0991 e. The van der Waals surface area contributed by atoms with Crippen LogP contribution in [0.1, 0.15) is 49.3 Å². The Balaban J connectivity index is 1.30. The van der Waals surface area contributed by atoms with Gasteiger partial charge >= 0.3 is 0 Å². The van der Waals surface area contributed by atoms with E-state index in [2.05, 4.69) is 150 Å². The zero-order chi connectivity index (χ0) is 31.5. The number of nitriles is 1. The van der Waals surface area contributed by atoms with Gasteiger partial charge in [0.25, 0.3) is 0 Å². The molecule has 47 heavy (non-hydrogen) atoms. The molecule has 226 valence electrons. The van der Waals surface area contributed by atoms with Gasteiger partial charge in [0.2, 0.25) is 0 Å². The predicted molar refractivity (Wildman–Crippen MR) is 195 cm³/mol. The quantitative estimate of drug-likeness (QED) is 0.187. The van der Waals surface area contributed by atoms with Gasteiger partial charge in [-0.05, 0) is 73.2 Å². The van der Waals surface area contributed by atoms with Crippen LogP contribution in [0, 0.1) is 11.3 Å². The van der Waals surface area contributed by atoms with E-state index in [1.807, 2.05) is 12.1 Å². The molecule has 2 aliphatic carbocycles. The van der Waals surface area contributed by atoms with Gasteiger partial charge in [-0.1, -0.05) is 115 Å². The maximum absolute atomic E-state index is 9.54. The topological polar surface area (TPSA) is 32.0 Å². The molecule has 0 amide bonds. The zero-order valence-electron chi connectivity index (χ0n) is 26.5. The minimum absolute atomic E-state index is 0.167. The molecule has 0 N–H and O–H groups in total. The lowest BCUT2D eigenvalue weighted by atomic mass is 9.87. The molecule has 3 atom stereocenters. The van der Waals surface area contributed by atoms with Crippen molar-refractivity contribution in [3.8, 4) is 28.3 Å². The van der Waals surface area contributed by atoms with Gasteiger partial charge in [0.1, 0.15) is 0 Å². The summed E-state index contributed by atoms with van der Waals surface area (Å²) < 4.78 is 2.64. The van der Waals surface area contributed by atoms with Crippen molar-refractivity contribution in [2.24, 2.45) is 0 Å². The van der Waals surface area contributed by atoms with Crippen LogP contribution < -0.4 is 4.90 Å². The van der Waals surface area contributed by atoms with Gasteiger partial charge in [-0.25, -0.2) is 0 Å². The summed E-state index contributed by atoms with van der Waals surface area (Å²) in [6, 6.07) is 42.6. The highest BCUT2D eigenvalue weighted by Gasteiger charge is 2.40. The molecular weight excluding hydrogens is 571 g/mol. The van der Waals surface area contributed by atoms with Crippen LogP contribution >= 0.6 is 0 Å². The van der Waals surface area contributed by atoms with Crippen LogP contribution in [0.15, 0.2) is 145 Å². The van der Waals surface area contributed by atoms with E-state index in [0.29, 0.717) is 11.6 Å². The first kappa shape index (κ1) is 27.7. The SMILES string of the molecule is CC1=CC2c3cccc(-c4ccccc4-c4cccc5c6ccccc6n(C6CC=CCC6)c45)c3N(c3ccc(C#N)cc3)C2C=C1. The molecule has 1 aliphatic heterocycles. The Morgan fingerprint density at radius 3 is 2.26 bits per heavy atom. The van der Waals surface area contributed by atoms with E-state index in [1.165, 1.54) is 60.9 Å². The van der Waals surface area contributed by atoms with E-state index in [0.717, 1.165) is 24.9 Å². The second kappa shape index (κ2) is 11.0. The molecule has 0 radical (unpaired) electrons. The summed E-state index contributed by atoms with van der Waals surface area (Å²) in [5.41, 5.74) is 13.3. The van der Waals surface area contributed by atoms with E-state index in [9.17, 15) is 5.26 Å². The number of nitrogens with zero attached hydrogens (tertiary/aromatic N) is 3. The summed E-state index contributed by atoms with van der Waals surface area (Å²) >= 11 is 0. The molecule has 3 aliphatic rings. The normalized spacial score (nSPS) is 19.9. The first-order valence-corrected chi connectivity index (χ1v) is 16.8.